The number of nitrogens with one attached hydrogen (secondary N) is 2. The molecule has 0 aliphatic carbocycles. The molecule has 7 nitrogen and oxygen atoms in total. The van der Waals surface area contributed by atoms with Gasteiger partial charge >= 0.3 is 6.09 Å². The summed E-state index contributed by atoms with van der Waals surface area (Å²) < 4.78 is 30.4. The van der Waals surface area contributed by atoms with Crippen LogP contribution in [0.1, 0.15) is 20.8 Å². The second kappa shape index (κ2) is 7.65. The topological polar surface area (TPSA) is 87.7 Å². The molecular formula is C15H25N3O4S. The van der Waals surface area contributed by atoms with Crippen LogP contribution < -0.4 is 10.6 Å². The van der Waals surface area contributed by atoms with E-state index in [1.54, 1.807) is 45.0 Å². The largest absolute Gasteiger partial charge is 0.444 e. The number of amides is 1. The van der Waals surface area contributed by atoms with Gasteiger partial charge in [0.15, 0.2) is 0 Å². The number of hydrogen-bond acceptors (Lipinski definition) is 5. The van der Waals surface area contributed by atoms with Crippen molar-refractivity contribution >= 4 is 21.8 Å². The molecule has 2 N–H and O–H groups in total. The Bertz CT molecular complexity index is 636. The van der Waals surface area contributed by atoms with E-state index in [0.717, 1.165) is 4.31 Å². The van der Waals surface area contributed by atoms with Gasteiger partial charge in [0.2, 0.25) is 10.0 Å². The van der Waals surface area contributed by atoms with Crippen molar-refractivity contribution in [3.8, 4) is 0 Å². The van der Waals surface area contributed by atoms with Crippen molar-refractivity contribution < 1.29 is 17.9 Å². The molecule has 1 rings (SSSR count). The maximum absolute atomic E-state index is 12.1. The van der Waals surface area contributed by atoms with E-state index in [0.29, 0.717) is 18.8 Å². The zero-order valence-corrected chi connectivity index (χ0v) is 15.0. The molecule has 0 atom stereocenters. The summed E-state index contributed by atoms with van der Waals surface area (Å²) in [5.41, 5.74) is 0.130. The second-order valence-corrected chi connectivity index (χ2v) is 8.32. The number of anilines is 1. The zero-order chi connectivity index (χ0) is 17.7. The lowest BCUT2D eigenvalue weighted by atomic mass is 10.2. The molecule has 0 spiro atoms. The van der Waals surface area contributed by atoms with E-state index in [2.05, 4.69) is 10.6 Å². The van der Waals surface area contributed by atoms with Gasteiger partial charge in [-0.15, -0.1) is 0 Å². The number of hydrogen-bond donors (Lipinski definition) is 2. The maximum atomic E-state index is 12.1. The van der Waals surface area contributed by atoms with Crippen molar-refractivity contribution in [2.45, 2.75) is 31.3 Å². The van der Waals surface area contributed by atoms with Gasteiger partial charge in [0.25, 0.3) is 0 Å². The van der Waals surface area contributed by atoms with Gasteiger partial charge in [-0.05, 0) is 39.0 Å². The molecule has 1 aromatic rings. The van der Waals surface area contributed by atoms with Crippen molar-refractivity contribution in [2.24, 2.45) is 0 Å². The summed E-state index contributed by atoms with van der Waals surface area (Å²) in [5.74, 6) is 0. The molecule has 0 bridgehead atoms. The highest BCUT2D eigenvalue weighted by Crippen LogP contribution is 2.17. The Kier molecular flexibility index (Phi) is 6.40. The average molecular weight is 343 g/mol. The molecule has 130 valence electrons. The van der Waals surface area contributed by atoms with E-state index in [-0.39, 0.29) is 4.90 Å². The first-order valence-electron chi connectivity index (χ1n) is 7.26. The Labute approximate surface area is 138 Å². The Morgan fingerprint density at radius 3 is 2.43 bits per heavy atom. The number of nitrogens with zero attached hydrogens (tertiary/aromatic N) is 1. The summed E-state index contributed by atoms with van der Waals surface area (Å²) in [6, 6.07) is 6.53. The third-order valence-corrected chi connectivity index (χ3v) is 4.55. The molecule has 0 radical (unpaired) electrons. The lowest BCUT2D eigenvalue weighted by molar-refractivity contribution is 0.0530. The molecule has 23 heavy (non-hydrogen) atoms. The van der Waals surface area contributed by atoms with Crippen LogP contribution in [0.5, 0.6) is 0 Å². The fourth-order valence-electron chi connectivity index (χ4n) is 1.66. The van der Waals surface area contributed by atoms with Gasteiger partial charge in [-0.25, -0.2) is 17.5 Å². The predicted molar refractivity (Wildman–Crippen MR) is 90.0 cm³/mol. The van der Waals surface area contributed by atoms with Crippen LogP contribution >= 0.6 is 0 Å². The summed E-state index contributed by atoms with van der Waals surface area (Å²) in [5, 5.41) is 5.68. The van der Waals surface area contributed by atoms with Gasteiger partial charge < -0.3 is 15.4 Å². The molecule has 8 heteroatoms. The van der Waals surface area contributed by atoms with Gasteiger partial charge in [0, 0.05) is 32.9 Å². The van der Waals surface area contributed by atoms with Gasteiger partial charge in [-0.2, -0.15) is 0 Å². The van der Waals surface area contributed by atoms with Gasteiger partial charge in [-0.3, -0.25) is 0 Å². The van der Waals surface area contributed by atoms with E-state index >= 15 is 0 Å². The number of rotatable bonds is 6. The lowest BCUT2D eigenvalue weighted by Gasteiger charge is -2.19. The number of benzene rings is 1. The molecule has 0 unspecified atom stereocenters. The first-order chi connectivity index (χ1) is 10.5. The minimum atomic E-state index is -3.46. The van der Waals surface area contributed by atoms with E-state index < -0.39 is 21.7 Å². The van der Waals surface area contributed by atoms with Crippen molar-refractivity contribution in [1.29, 1.82) is 0 Å². The lowest BCUT2D eigenvalue weighted by Crippen LogP contribution is -2.35. The normalized spacial score (nSPS) is 12.1. The van der Waals surface area contributed by atoms with Crippen LogP contribution in [0.3, 0.4) is 0 Å². The molecule has 1 aromatic carbocycles. The highest BCUT2D eigenvalue weighted by molar-refractivity contribution is 7.89. The van der Waals surface area contributed by atoms with E-state index in [1.165, 1.54) is 14.1 Å². The van der Waals surface area contributed by atoms with Gasteiger partial charge in [-0.1, -0.05) is 6.07 Å². The van der Waals surface area contributed by atoms with Gasteiger partial charge in [0.1, 0.15) is 5.60 Å². The first-order valence-corrected chi connectivity index (χ1v) is 8.70. The molecule has 0 aliphatic heterocycles. The first kappa shape index (κ1) is 19.2. The standard InChI is InChI=1S/C15H25N3O4S/c1-15(2,3)22-14(19)17-10-9-16-12-7-6-8-13(11-12)23(20,21)18(4)5/h6-8,11,16H,9-10H2,1-5H3,(H,17,19). The van der Waals surface area contributed by atoms with E-state index in [1.807, 2.05) is 0 Å². The zero-order valence-electron chi connectivity index (χ0n) is 14.2. The number of sulfonamides is 1. The van der Waals surface area contributed by atoms with Crippen LogP contribution in [-0.2, 0) is 14.8 Å². The third-order valence-electron chi connectivity index (χ3n) is 2.73. The molecule has 0 fully saturated rings. The SMILES string of the molecule is CN(C)S(=O)(=O)c1cccc(NCCNC(=O)OC(C)(C)C)c1. The van der Waals surface area contributed by atoms with Crippen molar-refractivity contribution in [1.82, 2.24) is 9.62 Å². The average Bonchev–Trinajstić information content (AvgIpc) is 2.42. The summed E-state index contributed by atoms with van der Waals surface area (Å²) in [6.45, 7) is 6.19. The highest BCUT2D eigenvalue weighted by atomic mass is 32.2. The predicted octanol–water partition coefficient (Wildman–Crippen LogP) is 1.87. The van der Waals surface area contributed by atoms with E-state index in [9.17, 15) is 13.2 Å². The fourth-order valence-corrected chi connectivity index (χ4v) is 2.61. The third kappa shape index (κ3) is 6.45. The molecule has 0 aliphatic rings. The minimum Gasteiger partial charge on any atom is -0.444 e. The van der Waals surface area contributed by atoms with Crippen LogP contribution in [0.25, 0.3) is 0 Å². The Balaban J connectivity index is 2.53. The van der Waals surface area contributed by atoms with Crippen LogP contribution in [0.2, 0.25) is 0 Å². The molecule has 0 saturated carbocycles. The van der Waals surface area contributed by atoms with Crippen LogP contribution in [0.4, 0.5) is 10.5 Å². The smallest absolute Gasteiger partial charge is 0.407 e. The van der Waals surface area contributed by atoms with Gasteiger partial charge in [0.05, 0.1) is 4.90 Å². The minimum absolute atomic E-state index is 0.215. The summed E-state index contributed by atoms with van der Waals surface area (Å²) in [6.07, 6.45) is -0.483. The number of carbonyl (C=O) groups is 1. The van der Waals surface area contributed by atoms with E-state index in [4.69, 9.17) is 4.74 Å². The Morgan fingerprint density at radius 2 is 1.87 bits per heavy atom. The molecule has 1 amide bonds. The fraction of sp³-hybridized carbons (Fsp3) is 0.533. The number of ether oxygens (including phenoxy) is 1. The molecule has 0 aromatic heterocycles. The quantitative estimate of drug-likeness (QED) is 0.770. The number of carbonyl (C=O) groups excluding carboxylic acids is 1. The summed E-state index contributed by atoms with van der Waals surface area (Å²) in [7, 11) is -0.488. The maximum Gasteiger partial charge on any atom is 0.407 e. The van der Waals surface area contributed by atoms with Crippen LogP contribution in [0.15, 0.2) is 29.2 Å². The summed E-state index contributed by atoms with van der Waals surface area (Å²) >= 11 is 0. The highest BCUT2D eigenvalue weighted by Gasteiger charge is 2.17. The molecular weight excluding hydrogens is 318 g/mol. The Hall–Kier alpha value is -1.80. The van der Waals surface area contributed by atoms with Crippen molar-refractivity contribution in [2.75, 3.05) is 32.5 Å². The Morgan fingerprint density at radius 1 is 1.22 bits per heavy atom. The van der Waals surface area contributed by atoms with Crippen molar-refractivity contribution in [3.05, 3.63) is 24.3 Å². The number of alkyl carbamates (subject to hydrolysis) is 1. The molecule has 0 saturated heterocycles. The summed E-state index contributed by atoms with van der Waals surface area (Å²) in [4.78, 5) is 11.7. The van der Waals surface area contributed by atoms with Crippen molar-refractivity contribution in [3.63, 3.8) is 0 Å². The molecule has 0 heterocycles. The van der Waals surface area contributed by atoms with Crippen LogP contribution in [0, 0.1) is 0 Å². The monoisotopic (exact) mass is 343 g/mol. The second-order valence-electron chi connectivity index (χ2n) is 6.17. The van der Waals surface area contributed by atoms with Crippen LogP contribution in [-0.4, -0.2) is 51.6 Å².